The summed E-state index contributed by atoms with van der Waals surface area (Å²) in [6.45, 7) is 3.56. The minimum atomic E-state index is -0.226. The van der Waals surface area contributed by atoms with Crippen LogP contribution in [0.3, 0.4) is 0 Å². The van der Waals surface area contributed by atoms with Gasteiger partial charge in [-0.25, -0.2) is 9.37 Å². The minimum absolute atomic E-state index is 0.0809. The lowest BCUT2D eigenvalue weighted by Crippen LogP contribution is -2.43. The van der Waals surface area contributed by atoms with Crippen molar-refractivity contribution in [2.75, 3.05) is 18.0 Å². The molecule has 0 spiro atoms. The highest BCUT2D eigenvalue weighted by Crippen LogP contribution is 2.29. The van der Waals surface area contributed by atoms with Gasteiger partial charge in [-0.2, -0.15) is 0 Å². The Labute approximate surface area is 140 Å². The molecule has 0 saturated carbocycles. The summed E-state index contributed by atoms with van der Waals surface area (Å²) in [7, 11) is 0. The first-order chi connectivity index (χ1) is 11.7. The van der Waals surface area contributed by atoms with Gasteiger partial charge in [-0.15, -0.1) is 0 Å². The zero-order valence-corrected chi connectivity index (χ0v) is 13.5. The number of pyridine rings is 1. The molecule has 24 heavy (non-hydrogen) atoms. The second-order valence-electron chi connectivity index (χ2n) is 6.25. The Morgan fingerprint density at radius 1 is 1.00 bits per heavy atom. The summed E-state index contributed by atoms with van der Waals surface area (Å²) >= 11 is 0. The first-order valence-corrected chi connectivity index (χ1v) is 8.21. The molecule has 4 rings (SSSR count). The Balaban J connectivity index is 1.62. The molecule has 0 aliphatic carbocycles. The number of halogens is 1. The molecule has 1 aromatic heterocycles. The lowest BCUT2D eigenvalue weighted by Gasteiger charge is -2.37. The molecule has 122 valence electrons. The van der Waals surface area contributed by atoms with Gasteiger partial charge < -0.3 is 9.64 Å². The molecular formula is C20H19FN2O. The van der Waals surface area contributed by atoms with Crippen LogP contribution in [0.15, 0.2) is 60.7 Å². The maximum Gasteiger partial charge on any atom is 0.129 e. The van der Waals surface area contributed by atoms with Crippen LogP contribution in [0.1, 0.15) is 18.6 Å². The highest BCUT2D eigenvalue weighted by atomic mass is 19.1. The van der Waals surface area contributed by atoms with Crippen LogP contribution in [0, 0.1) is 5.82 Å². The van der Waals surface area contributed by atoms with Crippen LogP contribution in [0.2, 0.25) is 0 Å². The first kappa shape index (κ1) is 15.1. The summed E-state index contributed by atoms with van der Waals surface area (Å²) < 4.78 is 19.2. The van der Waals surface area contributed by atoms with Crippen LogP contribution in [0.5, 0.6) is 0 Å². The summed E-state index contributed by atoms with van der Waals surface area (Å²) in [6.07, 6.45) is 0.00435. The largest absolute Gasteiger partial charge is 0.367 e. The summed E-state index contributed by atoms with van der Waals surface area (Å²) in [5, 5.41) is 1.14. The smallest absolute Gasteiger partial charge is 0.129 e. The van der Waals surface area contributed by atoms with Gasteiger partial charge in [-0.1, -0.05) is 30.3 Å². The maximum atomic E-state index is 13.2. The van der Waals surface area contributed by atoms with Gasteiger partial charge in [0.1, 0.15) is 17.7 Å². The fourth-order valence-electron chi connectivity index (χ4n) is 3.23. The zero-order chi connectivity index (χ0) is 16.5. The lowest BCUT2D eigenvalue weighted by molar-refractivity contribution is -0.0176. The predicted octanol–water partition coefficient (Wildman–Crippen LogP) is 4.34. The van der Waals surface area contributed by atoms with E-state index in [4.69, 9.17) is 9.72 Å². The van der Waals surface area contributed by atoms with Crippen molar-refractivity contribution in [2.45, 2.75) is 19.1 Å². The summed E-state index contributed by atoms with van der Waals surface area (Å²) in [5.74, 6) is 0.728. The molecule has 2 aromatic carbocycles. The molecule has 3 nitrogen and oxygen atoms in total. The molecule has 0 bridgehead atoms. The topological polar surface area (TPSA) is 25.4 Å². The van der Waals surface area contributed by atoms with Crippen molar-refractivity contribution in [3.05, 3.63) is 72.0 Å². The molecule has 1 fully saturated rings. The van der Waals surface area contributed by atoms with Gasteiger partial charge in [0.05, 0.1) is 11.6 Å². The fraction of sp³-hybridized carbons (Fsp3) is 0.250. The van der Waals surface area contributed by atoms with E-state index in [1.54, 1.807) is 12.1 Å². The number of morpholine rings is 1. The van der Waals surface area contributed by atoms with Gasteiger partial charge in [0.15, 0.2) is 0 Å². The van der Waals surface area contributed by atoms with E-state index in [9.17, 15) is 4.39 Å². The van der Waals surface area contributed by atoms with Gasteiger partial charge in [-0.05, 0) is 42.8 Å². The van der Waals surface area contributed by atoms with Gasteiger partial charge in [0.2, 0.25) is 0 Å². The molecule has 2 atom stereocenters. The van der Waals surface area contributed by atoms with Crippen molar-refractivity contribution < 1.29 is 9.13 Å². The van der Waals surface area contributed by atoms with Crippen molar-refractivity contribution in [1.29, 1.82) is 0 Å². The number of nitrogens with zero attached hydrogens (tertiary/aromatic N) is 2. The van der Waals surface area contributed by atoms with E-state index in [0.717, 1.165) is 28.8 Å². The van der Waals surface area contributed by atoms with E-state index < -0.39 is 0 Å². The molecule has 4 heteroatoms. The van der Waals surface area contributed by atoms with Gasteiger partial charge >= 0.3 is 0 Å². The SMILES string of the molecule is CC1CN(c2ccc3ccccc3n2)CC(c2ccc(F)cc2)O1. The molecule has 1 saturated heterocycles. The Hall–Kier alpha value is -2.46. The lowest BCUT2D eigenvalue weighted by atomic mass is 10.1. The quantitative estimate of drug-likeness (QED) is 0.702. The van der Waals surface area contributed by atoms with E-state index in [-0.39, 0.29) is 18.0 Å². The van der Waals surface area contributed by atoms with Crippen LogP contribution in [-0.2, 0) is 4.74 Å². The third-order valence-electron chi connectivity index (χ3n) is 4.41. The molecule has 1 aliphatic heterocycles. The van der Waals surface area contributed by atoms with Gasteiger partial charge in [-0.3, -0.25) is 0 Å². The standard InChI is InChI=1S/C20H19FN2O/c1-14-12-23(13-19(24-14)16-6-9-17(21)10-7-16)20-11-8-15-4-2-3-5-18(15)22-20/h2-11,14,19H,12-13H2,1H3. The third-order valence-corrected chi connectivity index (χ3v) is 4.41. The monoisotopic (exact) mass is 322 g/mol. The Kier molecular flexibility index (Phi) is 3.90. The molecule has 2 heterocycles. The van der Waals surface area contributed by atoms with E-state index in [1.165, 1.54) is 12.1 Å². The van der Waals surface area contributed by atoms with Crippen molar-refractivity contribution >= 4 is 16.7 Å². The predicted molar refractivity (Wildman–Crippen MR) is 93.6 cm³/mol. The number of aromatic nitrogens is 1. The minimum Gasteiger partial charge on any atom is -0.367 e. The normalized spacial score (nSPS) is 21.2. The fourth-order valence-corrected chi connectivity index (χ4v) is 3.23. The molecule has 0 N–H and O–H groups in total. The zero-order valence-electron chi connectivity index (χ0n) is 13.5. The molecule has 2 unspecified atom stereocenters. The first-order valence-electron chi connectivity index (χ1n) is 8.21. The third kappa shape index (κ3) is 2.97. The summed E-state index contributed by atoms with van der Waals surface area (Å²) in [6, 6.07) is 18.8. The van der Waals surface area contributed by atoms with E-state index >= 15 is 0 Å². The summed E-state index contributed by atoms with van der Waals surface area (Å²) in [4.78, 5) is 7.03. The highest BCUT2D eigenvalue weighted by molar-refractivity contribution is 5.80. The van der Waals surface area contributed by atoms with E-state index in [0.29, 0.717) is 6.54 Å². The number of rotatable bonds is 2. The Morgan fingerprint density at radius 2 is 1.79 bits per heavy atom. The molecule has 3 aromatic rings. The molecule has 0 amide bonds. The number of hydrogen-bond acceptors (Lipinski definition) is 3. The van der Waals surface area contributed by atoms with Gasteiger partial charge in [0.25, 0.3) is 0 Å². The number of anilines is 1. The maximum absolute atomic E-state index is 13.2. The Bertz CT molecular complexity index is 850. The second kappa shape index (κ2) is 6.21. The number of benzene rings is 2. The van der Waals surface area contributed by atoms with Crippen molar-refractivity contribution in [3.63, 3.8) is 0 Å². The number of fused-ring (bicyclic) bond motifs is 1. The molecule has 1 aliphatic rings. The molecule has 0 radical (unpaired) electrons. The van der Waals surface area contributed by atoms with Gasteiger partial charge in [0, 0.05) is 18.5 Å². The number of hydrogen-bond donors (Lipinski definition) is 0. The van der Waals surface area contributed by atoms with Crippen LogP contribution in [0.4, 0.5) is 10.2 Å². The average Bonchev–Trinajstić information content (AvgIpc) is 2.61. The van der Waals surface area contributed by atoms with Crippen LogP contribution in [0.25, 0.3) is 10.9 Å². The average molecular weight is 322 g/mol. The van der Waals surface area contributed by atoms with Crippen LogP contribution < -0.4 is 4.90 Å². The van der Waals surface area contributed by atoms with Crippen LogP contribution >= 0.6 is 0 Å². The van der Waals surface area contributed by atoms with E-state index in [1.807, 2.05) is 18.2 Å². The van der Waals surface area contributed by atoms with Crippen molar-refractivity contribution in [1.82, 2.24) is 4.98 Å². The second-order valence-corrected chi connectivity index (χ2v) is 6.25. The van der Waals surface area contributed by atoms with Crippen LogP contribution in [-0.4, -0.2) is 24.2 Å². The number of ether oxygens (including phenoxy) is 1. The molecular weight excluding hydrogens is 303 g/mol. The van der Waals surface area contributed by atoms with Crippen molar-refractivity contribution in [2.24, 2.45) is 0 Å². The number of para-hydroxylation sites is 1. The Morgan fingerprint density at radius 3 is 2.62 bits per heavy atom. The summed E-state index contributed by atoms with van der Waals surface area (Å²) in [5.41, 5.74) is 1.99. The van der Waals surface area contributed by atoms with E-state index in [2.05, 4.69) is 30.0 Å². The van der Waals surface area contributed by atoms with Crippen molar-refractivity contribution in [3.8, 4) is 0 Å². The highest BCUT2D eigenvalue weighted by Gasteiger charge is 2.27.